The molecule has 0 radical (unpaired) electrons. The summed E-state index contributed by atoms with van der Waals surface area (Å²) in [5.41, 5.74) is 0. The van der Waals surface area contributed by atoms with Crippen LogP contribution in [0, 0.1) is 0 Å². The van der Waals surface area contributed by atoms with Crippen molar-refractivity contribution in [3.8, 4) is 0 Å². The van der Waals surface area contributed by atoms with Crippen LogP contribution in [0.4, 0.5) is 0 Å². The molecule has 0 aliphatic heterocycles. The highest BCUT2D eigenvalue weighted by Crippen LogP contribution is 2.43. The van der Waals surface area contributed by atoms with Gasteiger partial charge >= 0.3 is 19.8 Å². The summed E-state index contributed by atoms with van der Waals surface area (Å²) in [6.07, 6.45) is 40.7. The molecule has 0 saturated heterocycles. The molecule has 0 rings (SSSR count). The lowest BCUT2D eigenvalue weighted by Gasteiger charge is -2.20. The number of unbranched alkanes of at least 4 members (excludes halogenated alkanes) is 17. The third kappa shape index (κ3) is 38.2. The normalized spacial score (nSPS) is 14.4. The molecule has 0 saturated carbocycles. The first-order chi connectivity index (χ1) is 26.2. The number of phosphoric acid groups is 1. The smallest absolute Gasteiger partial charge is 0.462 e. The van der Waals surface area contributed by atoms with E-state index in [0.29, 0.717) is 12.8 Å². The highest BCUT2D eigenvalue weighted by Gasteiger charge is 2.27. The molecule has 314 valence electrons. The van der Waals surface area contributed by atoms with Crippen LogP contribution in [0.25, 0.3) is 0 Å². The molecule has 0 fully saturated rings. The van der Waals surface area contributed by atoms with E-state index in [-0.39, 0.29) is 19.4 Å². The molecule has 10 nitrogen and oxygen atoms in total. The van der Waals surface area contributed by atoms with E-state index in [4.69, 9.17) is 19.1 Å². The fourth-order valence-electron chi connectivity index (χ4n) is 5.43. The van der Waals surface area contributed by atoms with E-state index in [1.54, 1.807) is 0 Å². The largest absolute Gasteiger partial charge is 0.472 e. The minimum Gasteiger partial charge on any atom is -0.462 e. The number of esters is 2. The van der Waals surface area contributed by atoms with E-state index in [1.165, 1.54) is 70.6 Å². The predicted molar refractivity (Wildman–Crippen MR) is 219 cm³/mol. The number of allylic oxidation sites excluding steroid dienone is 8. The predicted octanol–water partition coefficient (Wildman–Crippen LogP) is 10.9. The van der Waals surface area contributed by atoms with Gasteiger partial charge in [0.2, 0.25) is 0 Å². The Balaban J connectivity index is 4.38. The molecule has 11 heteroatoms. The van der Waals surface area contributed by atoms with Crippen LogP contribution >= 0.6 is 7.82 Å². The second-order valence-corrected chi connectivity index (χ2v) is 15.5. The molecular formula is C43H77O10P. The van der Waals surface area contributed by atoms with Crippen LogP contribution in [-0.2, 0) is 32.7 Å². The zero-order chi connectivity index (χ0) is 39.8. The molecule has 0 spiro atoms. The van der Waals surface area contributed by atoms with Gasteiger partial charge in [-0.3, -0.25) is 18.6 Å². The Hall–Kier alpha value is -2.07. The summed E-state index contributed by atoms with van der Waals surface area (Å²) in [7, 11) is -4.62. The summed E-state index contributed by atoms with van der Waals surface area (Å²) in [4.78, 5) is 34.9. The first kappa shape index (κ1) is 51.9. The third-order valence-corrected chi connectivity index (χ3v) is 9.69. The topological polar surface area (TPSA) is 149 Å². The summed E-state index contributed by atoms with van der Waals surface area (Å²) in [5, 5.41) is 18.3. The van der Waals surface area contributed by atoms with Gasteiger partial charge in [-0.05, 0) is 51.4 Å². The molecule has 0 aliphatic carbocycles. The fourth-order valence-corrected chi connectivity index (χ4v) is 6.22. The van der Waals surface area contributed by atoms with Crippen LogP contribution in [-0.4, -0.2) is 65.7 Å². The van der Waals surface area contributed by atoms with E-state index in [2.05, 4.69) is 67.0 Å². The number of aliphatic hydroxyl groups is 2. The van der Waals surface area contributed by atoms with Gasteiger partial charge in [0.05, 0.1) is 19.8 Å². The van der Waals surface area contributed by atoms with Crippen molar-refractivity contribution in [2.45, 2.75) is 187 Å². The first-order valence-corrected chi connectivity index (χ1v) is 22.6. The number of carbonyl (C=O) groups excluding carboxylic acids is 2. The first-order valence-electron chi connectivity index (χ1n) is 21.1. The third-order valence-electron chi connectivity index (χ3n) is 8.74. The molecule has 54 heavy (non-hydrogen) atoms. The molecule has 0 amide bonds. The number of hydrogen-bond donors (Lipinski definition) is 3. The van der Waals surface area contributed by atoms with E-state index < -0.39 is 51.8 Å². The van der Waals surface area contributed by atoms with Gasteiger partial charge in [0.15, 0.2) is 6.10 Å². The van der Waals surface area contributed by atoms with E-state index in [9.17, 15) is 24.2 Å². The van der Waals surface area contributed by atoms with Crippen molar-refractivity contribution in [1.29, 1.82) is 0 Å². The maximum Gasteiger partial charge on any atom is 0.472 e. The molecule has 0 aromatic heterocycles. The van der Waals surface area contributed by atoms with Crippen molar-refractivity contribution in [2.24, 2.45) is 0 Å². The maximum absolute atomic E-state index is 12.6. The molecule has 0 bridgehead atoms. The number of rotatable bonds is 39. The second kappa shape index (κ2) is 39.2. The molecule has 0 aromatic carbocycles. The molecular weight excluding hydrogens is 707 g/mol. The van der Waals surface area contributed by atoms with Gasteiger partial charge in [-0.2, -0.15) is 0 Å². The zero-order valence-corrected chi connectivity index (χ0v) is 34.8. The maximum atomic E-state index is 12.6. The minimum absolute atomic E-state index is 0.147. The van der Waals surface area contributed by atoms with Crippen molar-refractivity contribution in [2.75, 3.05) is 26.4 Å². The molecule has 0 aliphatic rings. The second-order valence-electron chi connectivity index (χ2n) is 14.0. The van der Waals surface area contributed by atoms with E-state index in [0.717, 1.165) is 64.2 Å². The van der Waals surface area contributed by atoms with Crippen LogP contribution in [0.2, 0.25) is 0 Å². The van der Waals surface area contributed by atoms with Crippen LogP contribution in [0.1, 0.15) is 174 Å². The van der Waals surface area contributed by atoms with E-state index in [1.807, 2.05) is 0 Å². The number of phosphoric ester groups is 1. The van der Waals surface area contributed by atoms with Crippen molar-refractivity contribution in [1.82, 2.24) is 0 Å². The zero-order valence-electron chi connectivity index (χ0n) is 33.9. The highest BCUT2D eigenvalue weighted by atomic mass is 31.2. The molecule has 3 N–H and O–H groups in total. The van der Waals surface area contributed by atoms with Crippen molar-refractivity contribution < 1.29 is 47.8 Å². The Kier molecular flexibility index (Phi) is 37.7. The Morgan fingerprint density at radius 2 is 0.981 bits per heavy atom. The van der Waals surface area contributed by atoms with Gasteiger partial charge in [0.25, 0.3) is 0 Å². The van der Waals surface area contributed by atoms with Crippen molar-refractivity contribution in [3.05, 3.63) is 48.6 Å². The van der Waals surface area contributed by atoms with Gasteiger partial charge in [-0.25, -0.2) is 4.57 Å². The summed E-state index contributed by atoms with van der Waals surface area (Å²) < 4.78 is 32.6. The molecule has 3 atom stereocenters. The Labute approximate surface area is 328 Å². The SMILES string of the molecule is CCCC/C=C\C/C=C\C/C=C\C/C=C\CCCCCC(=O)O[C@H](COC(=O)CCCCCCCCCCCCCCC)COP(=O)(O)OC[C@@H](O)CO. The summed E-state index contributed by atoms with van der Waals surface area (Å²) >= 11 is 0. The highest BCUT2D eigenvalue weighted by molar-refractivity contribution is 7.47. The Morgan fingerprint density at radius 1 is 0.556 bits per heavy atom. The summed E-state index contributed by atoms with van der Waals surface area (Å²) in [6, 6.07) is 0. The molecule has 0 aromatic rings. The average Bonchev–Trinajstić information content (AvgIpc) is 3.16. The van der Waals surface area contributed by atoms with E-state index >= 15 is 0 Å². The molecule has 1 unspecified atom stereocenters. The van der Waals surface area contributed by atoms with Crippen LogP contribution < -0.4 is 0 Å². The lowest BCUT2D eigenvalue weighted by atomic mass is 10.0. The lowest BCUT2D eigenvalue weighted by molar-refractivity contribution is -0.161. The number of ether oxygens (including phenoxy) is 2. The number of aliphatic hydroxyl groups excluding tert-OH is 2. The van der Waals surface area contributed by atoms with Crippen LogP contribution in [0.3, 0.4) is 0 Å². The van der Waals surface area contributed by atoms with Gasteiger partial charge in [-0.15, -0.1) is 0 Å². The van der Waals surface area contributed by atoms with Crippen LogP contribution in [0.15, 0.2) is 48.6 Å². The fraction of sp³-hybridized carbons (Fsp3) is 0.767. The molecule has 0 heterocycles. The van der Waals surface area contributed by atoms with Gasteiger partial charge in [0.1, 0.15) is 12.7 Å². The number of hydrogen-bond acceptors (Lipinski definition) is 9. The Morgan fingerprint density at radius 3 is 1.50 bits per heavy atom. The van der Waals surface area contributed by atoms with Crippen LogP contribution in [0.5, 0.6) is 0 Å². The summed E-state index contributed by atoms with van der Waals surface area (Å²) in [6.45, 7) is 2.29. The average molecular weight is 785 g/mol. The standard InChI is InChI=1S/C43H77O10P/c1-3-5-7-9-11-13-15-17-18-19-20-21-23-25-27-29-31-33-35-43(47)53-41(39-52-54(48,49)51-37-40(45)36-44)38-50-42(46)34-32-30-28-26-24-22-16-14-12-10-8-6-4-2/h9,11,15,17,19-20,23,25,40-41,44-45H,3-8,10,12-14,16,18,21-22,24,26-39H2,1-2H3,(H,48,49)/b11-9-,17-15-,20-19-,25-23-/t40-,41+/m0/s1. The summed E-state index contributed by atoms with van der Waals surface area (Å²) in [5.74, 6) is -0.960. The van der Waals surface area contributed by atoms with Crippen molar-refractivity contribution in [3.63, 3.8) is 0 Å². The lowest BCUT2D eigenvalue weighted by Crippen LogP contribution is -2.29. The minimum atomic E-state index is -4.62. The number of carbonyl (C=O) groups is 2. The van der Waals surface area contributed by atoms with Gasteiger partial charge in [0, 0.05) is 12.8 Å². The quantitative estimate of drug-likeness (QED) is 0.0238. The van der Waals surface area contributed by atoms with Gasteiger partial charge in [-0.1, -0.05) is 159 Å². The monoisotopic (exact) mass is 785 g/mol. The van der Waals surface area contributed by atoms with Crippen molar-refractivity contribution >= 4 is 19.8 Å². The Bertz CT molecular complexity index is 1040. The van der Waals surface area contributed by atoms with Gasteiger partial charge < -0.3 is 24.6 Å².